The van der Waals surface area contributed by atoms with E-state index in [0.29, 0.717) is 5.56 Å². The molecule has 0 bridgehead atoms. The topological polar surface area (TPSA) is 139 Å². The molecule has 0 aliphatic carbocycles. The summed E-state index contributed by atoms with van der Waals surface area (Å²) in [6, 6.07) is 10.3. The van der Waals surface area contributed by atoms with Gasteiger partial charge in [-0.25, -0.2) is 0 Å². The van der Waals surface area contributed by atoms with E-state index in [1.54, 1.807) is 36.4 Å². The van der Waals surface area contributed by atoms with Gasteiger partial charge in [0.05, 0.1) is 6.42 Å². The van der Waals surface area contributed by atoms with Gasteiger partial charge in [0.2, 0.25) is 11.7 Å². The van der Waals surface area contributed by atoms with Crippen molar-refractivity contribution in [3.63, 3.8) is 0 Å². The third-order valence-corrected chi connectivity index (χ3v) is 3.48. The van der Waals surface area contributed by atoms with Crippen LogP contribution in [0.4, 0.5) is 0 Å². The van der Waals surface area contributed by atoms with E-state index in [9.17, 15) is 19.2 Å². The number of allylic oxidation sites excluding steroid dienone is 1. The molecule has 0 radical (unpaired) electrons. The van der Waals surface area contributed by atoms with Gasteiger partial charge in [0.15, 0.2) is 12.4 Å². The SMILES string of the molecule is C/C(N)=C(\C#N)C(=O)COC(=O)CCNC(=O)CCC(=O)c1ccccc1. The maximum atomic E-state index is 11.9. The van der Waals surface area contributed by atoms with Crippen LogP contribution in [-0.4, -0.2) is 36.6 Å². The predicted molar refractivity (Wildman–Crippen MR) is 96.1 cm³/mol. The minimum Gasteiger partial charge on any atom is -0.457 e. The fraction of sp³-hybridized carbons (Fsp3) is 0.316. The number of nitrogens with one attached hydrogen (secondary N) is 1. The van der Waals surface area contributed by atoms with Gasteiger partial charge in [-0.1, -0.05) is 30.3 Å². The molecule has 0 atom stereocenters. The highest BCUT2D eigenvalue weighted by Gasteiger charge is 2.14. The van der Waals surface area contributed by atoms with Crippen LogP contribution in [0.2, 0.25) is 0 Å². The quantitative estimate of drug-likeness (QED) is 0.271. The Morgan fingerprint density at radius 1 is 1.11 bits per heavy atom. The maximum absolute atomic E-state index is 11.9. The minimum atomic E-state index is -0.698. The summed E-state index contributed by atoms with van der Waals surface area (Å²) < 4.78 is 4.74. The first-order valence-corrected chi connectivity index (χ1v) is 8.25. The summed E-state index contributed by atoms with van der Waals surface area (Å²) in [6.45, 7) is 0.828. The Kier molecular flexibility index (Phi) is 8.95. The third kappa shape index (κ3) is 7.96. The predicted octanol–water partition coefficient (Wildman–Crippen LogP) is 1.02. The Hall–Kier alpha value is -3.47. The summed E-state index contributed by atoms with van der Waals surface area (Å²) in [4.78, 5) is 46.8. The summed E-state index contributed by atoms with van der Waals surface area (Å²) in [6.07, 6.45) is -0.0667. The van der Waals surface area contributed by atoms with Crippen LogP contribution in [0.5, 0.6) is 0 Å². The van der Waals surface area contributed by atoms with Crippen molar-refractivity contribution in [3.8, 4) is 6.07 Å². The van der Waals surface area contributed by atoms with Crippen molar-refractivity contribution in [1.82, 2.24) is 5.32 Å². The van der Waals surface area contributed by atoms with E-state index in [1.165, 1.54) is 6.92 Å². The molecular formula is C19H21N3O5. The van der Waals surface area contributed by atoms with E-state index in [1.807, 2.05) is 0 Å². The Labute approximate surface area is 157 Å². The molecule has 0 aromatic heterocycles. The molecule has 0 spiro atoms. The molecule has 1 aromatic carbocycles. The number of nitrogens with two attached hydrogens (primary N) is 1. The molecule has 1 rings (SSSR count). The molecule has 8 heteroatoms. The zero-order chi connectivity index (χ0) is 20.2. The standard InChI is InChI=1S/C19H21N3O5/c1-13(21)15(11-20)17(24)12-27-19(26)9-10-22-18(25)8-7-16(23)14-5-3-2-4-6-14/h2-6H,7-10,12,21H2,1H3,(H,22,25)/b15-13-. The Morgan fingerprint density at radius 2 is 1.78 bits per heavy atom. The van der Waals surface area contributed by atoms with Crippen LogP contribution in [0, 0.1) is 11.3 Å². The van der Waals surface area contributed by atoms with Crippen molar-refractivity contribution in [1.29, 1.82) is 5.26 Å². The zero-order valence-electron chi connectivity index (χ0n) is 15.0. The van der Waals surface area contributed by atoms with Gasteiger partial charge in [-0.15, -0.1) is 0 Å². The smallest absolute Gasteiger partial charge is 0.308 e. The second-order valence-corrected chi connectivity index (χ2v) is 5.64. The first-order valence-electron chi connectivity index (χ1n) is 8.25. The van der Waals surface area contributed by atoms with Crippen LogP contribution in [0.25, 0.3) is 0 Å². The first kappa shape index (κ1) is 21.6. The summed E-state index contributed by atoms with van der Waals surface area (Å²) in [5, 5.41) is 11.3. The number of hydrogen-bond acceptors (Lipinski definition) is 7. The minimum absolute atomic E-state index is 0.00730. The second kappa shape index (κ2) is 11.2. The van der Waals surface area contributed by atoms with Crippen LogP contribution in [0.3, 0.4) is 0 Å². The molecule has 0 unspecified atom stereocenters. The molecule has 27 heavy (non-hydrogen) atoms. The number of Topliss-reactive ketones (excluding diaryl/α,β-unsaturated/α-hetero) is 2. The van der Waals surface area contributed by atoms with Crippen molar-refractivity contribution in [2.45, 2.75) is 26.2 Å². The van der Waals surface area contributed by atoms with E-state index in [-0.39, 0.29) is 48.8 Å². The van der Waals surface area contributed by atoms with Gasteiger partial charge < -0.3 is 15.8 Å². The van der Waals surface area contributed by atoms with Crippen LogP contribution >= 0.6 is 0 Å². The second-order valence-electron chi connectivity index (χ2n) is 5.64. The number of nitrogens with zero attached hydrogens (tertiary/aromatic N) is 1. The molecule has 1 amide bonds. The molecule has 0 aliphatic heterocycles. The van der Waals surface area contributed by atoms with E-state index < -0.39 is 18.4 Å². The largest absolute Gasteiger partial charge is 0.457 e. The fourth-order valence-electron chi connectivity index (χ4n) is 2.05. The normalized spacial score (nSPS) is 11.0. The molecule has 0 fully saturated rings. The molecule has 8 nitrogen and oxygen atoms in total. The summed E-state index contributed by atoms with van der Waals surface area (Å²) in [7, 11) is 0. The molecule has 142 valence electrons. The van der Waals surface area contributed by atoms with Crippen molar-refractivity contribution in [2.24, 2.45) is 5.73 Å². The third-order valence-electron chi connectivity index (χ3n) is 3.48. The van der Waals surface area contributed by atoms with Crippen molar-refractivity contribution >= 4 is 23.4 Å². The molecule has 3 N–H and O–H groups in total. The zero-order valence-corrected chi connectivity index (χ0v) is 15.0. The van der Waals surface area contributed by atoms with E-state index >= 15 is 0 Å². The molecule has 0 saturated heterocycles. The van der Waals surface area contributed by atoms with Gasteiger partial charge in [-0.3, -0.25) is 19.2 Å². The molecular weight excluding hydrogens is 350 g/mol. The number of amides is 1. The number of esters is 1. The van der Waals surface area contributed by atoms with Crippen molar-refractivity contribution in [2.75, 3.05) is 13.2 Å². The van der Waals surface area contributed by atoms with Gasteiger partial charge in [0.25, 0.3) is 0 Å². The number of benzene rings is 1. The molecule has 0 saturated carbocycles. The Bertz CT molecular complexity index is 774. The van der Waals surface area contributed by atoms with Crippen LogP contribution in [0.15, 0.2) is 41.6 Å². The van der Waals surface area contributed by atoms with Crippen molar-refractivity contribution < 1.29 is 23.9 Å². The van der Waals surface area contributed by atoms with Crippen molar-refractivity contribution in [3.05, 3.63) is 47.2 Å². The van der Waals surface area contributed by atoms with Gasteiger partial charge >= 0.3 is 5.97 Å². The highest BCUT2D eigenvalue weighted by atomic mass is 16.5. The first-order chi connectivity index (χ1) is 12.8. The Balaban J connectivity index is 2.25. The van der Waals surface area contributed by atoms with E-state index in [0.717, 1.165) is 0 Å². The van der Waals surface area contributed by atoms with Crippen LogP contribution in [0.1, 0.15) is 36.5 Å². The summed E-state index contributed by atoms with van der Waals surface area (Å²) in [5.41, 5.74) is 5.72. The highest BCUT2D eigenvalue weighted by molar-refractivity contribution is 6.01. The monoisotopic (exact) mass is 371 g/mol. The van der Waals surface area contributed by atoms with Gasteiger partial charge in [-0.2, -0.15) is 5.26 Å². The van der Waals surface area contributed by atoms with E-state index in [4.69, 9.17) is 15.7 Å². The van der Waals surface area contributed by atoms with Crippen LogP contribution in [-0.2, 0) is 19.1 Å². The molecule has 0 aliphatic rings. The van der Waals surface area contributed by atoms with Crippen LogP contribution < -0.4 is 11.1 Å². The lowest BCUT2D eigenvalue weighted by atomic mass is 10.1. The lowest BCUT2D eigenvalue weighted by molar-refractivity contribution is -0.147. The summed E-state index contributed by atoms with van der Waals surface area (Å²) >= 11 is 0. The number of ether oxygens (including phenoxy) is 1. The highest BCUT2D eigenvalue weighted by Crippen LogP contribution is 2.05. The van der Waals surface area contributed by atoms with Gasteiger partial charge in [0.1, 0.15) is 11.6 Å². The fourth-order valence-corrected chi connectivity index (χ4v) is 2.05. The molecule has 0 heterocycles. The Morgan fingerprint density at radius 3 is 2.37 bits per heavy atom. The molecule has 1 aromatic rings. The average molecular weight is 371 g/mol. The van der Waals surface area contributed by atoms with E-state index in [2.05, 4.69) is 5.32 Å². The maximum Gasteiger partial charge on any atom is 0.308 e. The van der Waals surface area contributed by atoms with Gasteiger partial charge in [-0.05, 0) is 6.92 Å². The number of carbonyl (C=O) groups excluding carboxylic acids is 4. The average Bonchev–Trinajstić information content (AvgIpc) is 2.65. The number of nitriles is 1. The number of carbonyl (C=O) groups is 4. The number of hydrogen-bond donors (Lipinski definition) is 2. The lowest BCUT2D eigenvalue weighted by Crippen LogP contribution is -2.27. The van der Waals surface area contributed by atoms with Gasteiger partial charge in [0, 0.05) is 30.6 Å². The number of ketones is 2. The lowest BCUT2D eigenvalue weighted by Gasteiger charge is -2.06. The number of rotatable bonds is 10. The summed E-state index contributed by atoms with van der Waals surface area (Å²) in [5.74, 6) is -1.89.